The second-order valence-electron chi connectivity index (χ2n) is 8.96. The van der Waals surface area contributed by atoms with Crippen molar-refractivity contribution in [2.24, 2.45) is 0 Å². The lowest BCUT2D eigenvalue weighted by Gasteiger charge is -2.29. The van der Waals surface area contributed by atoms with E-state index in [1.54, 1.807) is 44.4 Å². The number of methoxy groups -OCH3 is 1. The fourth-order valence-corrected chi connectivity index (χ4v) is 4.63. The number of ketones is 1. The van der Waals surface area contributed by atoms with Gasteiger partial charge in [0.15, 0.2) is 23.0 Å². The molecule has 8 nitrogen and oxygen atoms in total. The van der Waals surface area contributed by atoms with E-state index in [1.807, 2.05) is 0 Å². The Kier molecular flexibility index (Phi) is 7.80. The number of hydrogen-bond acceptors (Lipinski definition) is 7. The first-order valence-corrected chi connectivity index (χ1v) is 12.2. The zero-order valence-corrected chi connectivity index (χ0v) is 20.5. The van der Waals surface area contributed by atoms with E-state index in [0.29, 0.717) is 36.0 Å². The molecule has 1 fully saturated rings. The van der Waals surface area contributed by atoms with Crippen LogP contribution in [0.25, 0.3) is 0 Å². The van der Waals surface area contributed by atoms with Crippen LogP contribution in [-0.4, -0.2) is 54.7 Å². The molecule has 0 saturated carbocycles. The van der Waals surface area contributed by atoms with E-state index in [2.05, 4.69) is 6.92 Å². The molecule has 1 N–H and O–H groups in total. The lowest BCUT2D eigenvalue weighted by atomic mass is 9.94. The Bertz CT molecular complexity index is 1100. The number of benzene rings is 1. The molecule has 2 aliphatic rings. The Morgan fingerprint density at radius 3 is 2.69 bits per heavy atom. The molecule has 8 heteroatoms. The molecule has 2 unspecified atom stereocenters. The van der Waals surface area contributed by atoms with Gasteiger partial charge in [0.2, 0.25) is 5.78 Å². The van der Waals surface area contributed by atoms with Crippen LogP contribution in [0.5, 0.6) is 11.5 Å². The van der Waals surface area contributed by atoms with Gasteiger partial charge >= 0.3 is 0 Å². The van der Waals surface area contributed by atoms with Crippen LogP contribution in [0.15, 0.2) is 46.1 Å². The highest BCUT2D eigenvalue weighted by Crippen LogP contribution is 2.42. The summed E-state index contributed by atoms with van der Waals surface area (Å²) in [5.41, 5.74) is 0.616. The van der Waals surface area contributed by atoms with Crippen molar-refractivity contribution in [3.63, 3.8) is 0 Å². The Morgan fingerprint density at radius 1 is 1.20 bits per heavy atom. The smallest absolute Gasteiger partial charge is 0.290 e. The van der Waals surface area contributed by atoms with Crippen LogP contribution >= 0.6 is 0 Å². The number of furan rings is 1. The average molecular weight is 484 g/mol. The molecule has 1 aromatic heterocycles. The van der Waals surface area contributed by atoms with Gasteiger partial charge in [0.05, 0.1) is 31.4 Å². The number of unbranched alkanes of at least 4 members (excludes halogenated alkanes) is 2. The molecule has 0 spiro atoms. The molecule has 2 aliphatic heterocycles. The molecule has 1 aromatic carbocycles. The van der Waals surface area contributed by atoms with Crippen molar-refractivity contribution in [3.8, 4) is 11.5 Å². The number of Topliss-reactive ketones (excluding diaryl/α,β-unsaturated/α-hetero) is 1. The summed E-state index contributed by atoms with van der Waals surface area (Å²) >= 11 is 0. The number of aryl methyl sites for hydroxylation is 1. The molecule has 1 amide bonds. The number of aliphatic hydroxyl groups is 1. The van der Waals surface area contributed by atoms with Crippen molar-refractivity contribution in [2.45, 2.75) is 58.1 Å². The first-order chi connectivity index (χ1) is 16.9. The lowest BCUT2D eigenvalue weighted by Crippen LogP contribution is -2.37. The highest BCUT2D eigenvalue weighted by atomic mass is 16.5. The third-order valence-corrected chi connectivity index (χ3v) is 6.45. The van der Waals surface area contributed by atoms with E-state index in [-0.39, 0.29) is 24.0 Å². The summed E-state index contributed by atoms with van der Waals surface area (Å²) in [6, 6.07) is 7.76. The molecule has 0 radical (unpaired) electrons. The first-order valence-electron chi connectivity index (χ1n) is 12.2. The Morgan fingerprint density at radius 2 is 2.03 bits per heavy atom. The van der Waals surface area contributed by atoms with Crippen LogP contribution in [0, 0.1) is 6.92 Å². The van der Waals surface area contributed by atoms with Crippen molar-refractivity contribution < 1.29 is 33.3 Å². The van der Waals surface area contributed by atoms with E-state index in [0.717, 1.165) is 32.1 Å². The van der Waals surface area contributed by atoms with Gasteiger partial charge in [-0.3, -0.25) is 9.59 Å². The van der Waals surface area contributed by atoms with Crippen LogP contribution in [0.2, 0.25) is 0 Å². The van der Waals surface area contributed by atoms with Gasteiger partial charge < -0.3 is 28.6 Å². The Hall–Kier alpha value is -3.26. The topological polar surface area (TPSA) is 98.4 Å². The summed E-state index contributed by atoms with van der Waals surface area (Å²) in [7, 11) is 1.55. The summed E-state index contributed by atoms with van der Waals surface area (Å²) < 4.78 is 22.8. The molecule has 1 saturated heterocycles. The highest BCUT2D eigenvalue weighted by molar-refractivity contribution is 6.15. The molecule has 35 heavy (non-hydrogen) atoms. The van der Waals surface area contributed by atoms with E-state index >= 15 is 0 Å². The molecular formula is C27H33NO7. The predicted octanol–water partition coefficient (Wildman–Crippen LogP) is 4.92. The van der Waals surface area contributed by atoms with Gasteiger partial charge in [0.1, 0.15) is 5.76 Å². The Labute approximate surface area is 205 Å². The number of ether oxygens (including phenoxy) is 3. The van der Waals surface area contributed by atoms with Crippen LogP contribution in [-0.2, 0) is 9.53 Å². The molecule has 0 bridgehead atoms. The minimum Gasteiger partial charge on any atom is -0.503 e. The van der Waals surface area contributed by atoms with Gasteiger partial charge in [-0.05, 0) is 56.0 Å². The standard InChI is InChI=1S/C27H33NO7/c1-4-5-6-13-34-20-12-10-18(15-22(20)32-3)24-23(25(29)21-11-9-17(2)35-21)26(30)27(31)28(24)16-19-8-7-14-33-19/h9-12,15,19,24,30H,4-8,13-14,16H2,1-3H3. The normalized spacial score (nSPS) is 20.1. The van der Waals surface area contributed by atoms with Crippen LogP contribution < -0.4 is 9.47 Å². The molecule has 4 rings (SSSR count). The average Bonchev–Trinajstić information content (AvgIpc) is 3.59. The summed E-state index contributed by atoms with van der Waals surface area (Å²) in [5.74, 6) is 0.0330. The van der Waals surface area contributed by atoms with E-state index in [1.165, 1.54) is 4.90 Å². The Balaban J connectivity index is 1.70. The van der Waals surface area contributed by atoms with Gasteiger partial charge in [-0.15, -0.1) is 0 Å². The molecular weight excluding hydrogens is 450 g/mol. The largest absolute Gasteiger partial charge is 0.503 e. The van der Waals surface area contributed by atoms with Crippen molar-refractivity contribution in [1.29, 1.82) is 0 Å². The zero-order chi connectivity index (χ0) is 24.9. The van der Waals surface area contributed by atoms with Crippen molar-refractivity contribution in [2.75, 3.05) is 26.9 Å². The SMILES string of the molecule is CCCCCOc1ccc(C2C(C(=O)c3ccc(C)o3)=C(O)C(=O)N2CC2CCCO2)cc1OC. The molecule has 2 atom stereocenters. The van der Waals surface area contributed by atoms with Crippen molar-refractivity contribution in [3.05, 3.63) is 58.7 Å². The number of rotatable bonds is 11. The molecule has 188 valence electrons. The second-order valence-corrected chi connectivity index (χ2v) is 8.96. The fourth-order valence-electron chi connectivity index (χ4n) is 4.63. The number of hydrogen-bond donors (Lipinski definition) is 1. The van der Waals surface area contributed by atoms with Gasteiger partial charge in [-0.1, -0.05) is 25.8 Å². The fraction of sp³-hybridized carbons (Fsp3) is 0.481. The minimum atomic E-state index is -0.812. The first kappa shape index (κ1) is 24.9. The van der Waals surface area contributed by atoms with Gasteiger partial charge in [-0.2, -0.15) is 0 Å². The van der Waals surface area contributed by atoms with Gasteiger partial charge in [0.25, 0.3) is 5.91 Å². The number of amides is 1. The van der Waals surface area contributed by atoms with Crippen LogP contribution in [0.4, 0.5) is 0 Å². The summed E-state index contributed by atoms with van der Waals surface area (Å²) in [6.45, 7) is 5.33. The molecule has 0 aliphatic carbocycles. The van der Waals surface area contributed by atoms with E-state index < -0.39 is 23.5 Å². The molecule has 3 heterocycles. The summed E-state index contributed by atoms with van der Waals surface area (Å²) in [4.78, 5) is 28.1. The van der Waals surface area contributed by atoms with Gasteiger partial charge in [0, 0.05) is 13.2 Å². The van der Waals surface area contributed by atoms with E-state index in [9.17, 15) is 14.7 Å². The maximum atomic E-state index is 13.4. The van der Waals surface area contributed by atoms with Gasteiger partial charge in [-0.25, -0.2) is 0 Å². The number of carbonyl (C=O) groups excluding carboxylic acids is 2. The number of aliphatic hydroxyl groups excluding tert-OH is 1. The maximum Gasteiger partial charge on any atom is 0.290 e. The molecule has 2 aromatic rings. The summed E-state index contributed by atoms with van der Waals surface area (Å²) in [6.07, 6.45) is 4.67. The van der Waals surface area contributed by atoms with Crippen LogP contribution in [0.1, 0.15) is 66.9 Å². The second kappa shape index (κ2) is 11.0. The predicted molar refractivity (Wildman–Crippen MR) is 129 cm³/mol. The zero-order valence-electron chi connectivity index (χ0n) is 20.5. The number of carbonyl (C=O) groups is 2. The quantitative estimate of drug-likeness (QED) is 0.358. The van der Waals surface area contributed by atoms with E-state index in [4.69, 9.17) is 18.6 Å². The third-order valence-electron chi connectivity index (χ3n) is 6.45. The monoisotopic (exact) mass is 483 g/mol. The minimum absolute atomic E-state index is 0.0129. The summed E-state index contributed by atoms with van der Waals surface area (Å²) in [5, 5.41) is 10.8. The van der Waals surface area contributed by atoms with Crippen molar-refractivity contribution >= 4 is 11.7 Å². The number of nitrogens with zero attached hydrogens (tertiary/aromatic N) is 1. The lowest BCUT2D eigenvalue weighted by molar-refractivity contribution is -0.131. The third kappa shape index (κ3) is 5.22. The van der Waals surface area contributed by atoms with Crippen molar-refractivity contribution in [1.82, 2.24) is 4.90 Å². The maximum absolute atomic E-state index is 13.4. The highest BCUT2D eigenvalue weighted by Gasteiger charge is 2.45. The van der Waals surface area contributed by atoms with Crippen LogP contribution in [0.3, 0.4) is 0 Å².